The highest BCUT2D eigenvalue weighted by Gasteiger charge is 2.57. The zero-order valence-electron chi connectivity index (χ0n) is 16.0. The molecule has 2 fully saturated rings. The highest BCUT2D eigenvalue weighted by molar-refractivity contribution is 5.40. The van der Waals surface area contributed by atoms with Crippen LogP contribution >= 0.6 is 0 Å². The van der Waals surface area contributed by atoms with Crippen molar-refractivity contribution in [2.45, 2.75) is 57.5 Å². The van der Waals surface area contributed by atoms with Gasteiger partial charge in [-0.05, 0) is 109 Å². The van der Waals surface area contributed by atoms with Gasteiger partial charge < -0.3 is 10.2 Å². The number of phenolic OH excluding ortho intramolecular Hbond substituents is 1. The summed E-state index contributed by atoms with van der Waals surface area (Å²) in [5.41, 5.74) is 4.13. The maximum Gasteiger partial charge on any atom is 0.115 e. The van der Waals surface area contributed by atoms with Gasteiger partial charge in [0, 0.05) is 12.4 Å². The van der Waals surface area contributed by atoms with Crippen molar-refractivity contribution in [3.05, 3.63) is 59.4 Å². The smallest absolute Gasteiger partial charge is 0.115 e. The number of aryl methyl sites for hydroxylation is 1. The largest absolute Gasteiger partial charge is 0.508 e. The van der Waals surface area contributed by atoms with Crippen LogP contribution in [0.5, 0.6) is 5.75 Å². The second kappa shape index (κ2) is 6.34. The van der Waals surface area contributed by atoms with E-state index < -0.39 is 0 Å². The number of rotatable bonds is 2. The Labute approximate surface area is 161 Å². The predicted molar refractivity (Wildman–Crippen MR) is 106 cm³/mol. The molecule has 1 aromatic heterocycles. The minimum absolute atomic E-state index is 0.0489. The van der Waals surface area contributed by atoms with Crippen LogP contribution in [0.25, 0.3) is 0 Å². The van der Waals surface area contributed by atoms with Crippen molar-refractivity contribution >= 4 is 0 Å². The van der Waals surface area contributed by atoms with Gasteiger partial charge >= 0.3 is 0 Å². The van der Waals surface area contributed by atoms with Crippen LogP contribution in [0.15, 0.2) is 42.7 Å². The third-order valence-corrected chi connectivity index (χ3v) is 8.07. The standard InChI is InChI=1S/C24H29NO2/c1-24-9-6-20-19-5-3-18(26)13-16(19)2-4-21(20)22(24)14-17(23(24)27)12-15-7-10-25-11-8-15/h3,5,7-8,10-11,13,17,20-23,26-27H,2,4,6,9,12,14H2,1H3/t17?,20?,21?,22?,23?,24-/m0/s1. The molecule has 0 spiro atoms. The van der Waals surface area contributed by atoms with Gasteiger partial charge in [0.15, 0.2) is 0 Å². The summed E-state index contributed by atoms with van der Waals surface area (Å²) in [6, 6.07) is 10.1. The number of aliphatic hydroxyl groups excluding tert-OH is 1. The predicted octanol–water partition coefficient (Wildman–Crippen LogP) is 4.47. The van der Waals surface area contributed by atoms with Crippen LogP contribution in [-0.4, -0.2) is 21.3 Å². The SMILES string of the molecule is C[C@]12CCC3c4ccc(O)cc4CCC3C1CC(Cc1ccncc1)C2O. The summed E-state index contributed by atoms with van der Waals surface area (Å²) >= 11 is 0. The molecule has 2 N–H and O–H groups in total. The number of hydrogen-bond acceptors (Lipinski definition) is 3. The summed E-state index contributed by atoms with van der Waals surface area (Å²) < 4.78 is 0. The Morgan fingerprint density at radius 1 is 1.15 bits per heavy atom. The van der Waals surface area contributed by atoms with Gasteiger partial charge in [-0.25, -0.2) is 0 Å². The van der Waals surface area contributed by atoms with E-state index in [-0.39, 0.29) is 11.5 Å². The van der Waals surface area contributed by atoms with Gasteiger partial charge in [-0.1, -0.05) is 13.0 Å². The second-order valence-electron chi connectivity index (χ2n) is 9.34. The first-order valence-corrected chi connectivity index (χ1v) is 10.4. The first kappa shape index (κ1) is 17.2. The number of hydrogen-bond donors (Lipinski definition) is 2. The topological polar surface area (TPSA) is 53.4 Å². The zero-order chi connectivity index (χ0) is 18.6. The Bertz CT molecular complexity index is 836. The quantitative estimate of drug-likeness (QED) is 0.827. The van der Waals surface area contributed by atoms with E-state index in [0.29, 0.717) is 29.4 Å². The first-order valence-electron chi connectivity index (χ1n) is 10.4. The molecule has 2 saturated carbocycles. The number of pyridine rings is 1. The molecule has 0 radical (unpaired) electrons. The number of phenols is 1. The number of fused-ring (bicyclic) bond motifs is 5. The summed E-state index contributed by atoms with van der Waals surface area (Å²) in [4.78, 5) is 4.13. The van der Waals surface area contributed by atoms with Crippen LogP contribution in [-0.2, 0) is 12.8 Å². The number of aromatic nitrogens is 1. The highest BCUT2D eigenvalue weighted by Crippen LogP contribution is 2.62. The van der Waals surface area contributed by atoms with E-state index in [1.54, 1.807) is 0 Å². The Kier molecular flexibility index (Phi) is 4.05. The van der Waals surface area contributed by atoms with Gasteiger partial charge in [0.1, 0.15) is 5.75 Å². The van der Waals surface area contributed by atoms with Crippen LogP contribution in [0.1, 0.15) is 55.2 Å². The Morgan fingerprint density at radius 3 is 2.78 bits per heavy atom. The lowest BCUT2D eigenvalue weighted by Crippen LogP contribution is -2.44. The van der Waals surface area contributed by atoms with Crippen molar-refractivity contribution in [3.63, 3.8) is 0 Å². The molecule has 3 nitrogen and oxygen atoms in total. The van der Waals surface area contributed by atoms with Crippen molar-refractivity contribution in [1.82, 2.24) is 4.98 Å². The van der Waals surface area contributed by atoms with Gasteiger partial charge in [-0.3, -0.25) is 4.98 Å². The molecule has 5 unspecified atom stereocenters. The molecule has 0 amide bonds. The summed E-state index contributed by atoms with van der Waals surface area (Å²) in [6.45, 7) is 2.34. The molecule has 1 aromatic carbocycles. The van der Waals surface area contributed by atoms with Crippen LogP contribution in [0.3, 0.4) is 0 Å². The number of aliphatic hydroxyl groups is 1. The average Bonchev–Trinajstić information content (AvgIpc) is 2.93. The molecule has 0 bridgehead atoms. The van der Waals surface area contributed by atoms with Crippen LogP contribution in [0, 0.1) is 23.2 Å². The van der Waals surface area contributed by atoms with E-state index >= 15 is 0 Å². The maximum absolute atomic E-state index is 11.3. The van der Waals surface area contributed by atoms with Crippen LogP contribution in [0.2, 0.25) is 0 Å². The number of benzene rings is 1. The minimum atomic E-state index is -0.210. The number of aromatic hydroxyl groups is 1. The fourth-order valence-corrected chi connectivity index (χ4v) is 6.74. The molecule has 3 heteroatoms. The molecular weight excluding hydrogens is 334 g/mol. The Morgan fingerprint density at radius 2 is 1.96 bits per heavy atom. The lowest BCUT2D eigenvalue weighted by molar-refractivity contribution is -0.0325. The maximum atomic E-state index is 11.3. The summed E-state index contributed by atoms with van der Waals surface area (Å²) in [7, 11) is 0. The summed E-state index contributed by atoms with van der Waals surface area (Å²) in [6.07, 6.45) is 10.1. The van der Waals surface area contributed by atoms with E-state index in [0.717, 1.165) is 32.1 Å². The molecule has 0 aliphatic heterocycles. The van der Waals surface area contributed by atoms with E-state index in [9.17, 15) is 10.2 Å². The third-order valence-electron chi connectivity index (χ3n) is 8.07. The van der Waals surface area contributed by atoms with Crippen molar-refractivity contribution in [2.75, 3.05) is 0 Å². The number of nitrogens with zero attached hydrogens (tertiary/aromatic N) is 1. The lowest BCUT2D eigenvalue weighted by atomic mass is 9.55. The van der Waals surface area contributed by atoms with Gasteiger partial charge in [0.25, 0.3) is 0 Å². The molecule has 3 aliphatic carbocycles. The third kappa shape index (κ3) is 2.70. The molecule has 3 aliphatic rings. The fraction of sp³-hybridized carbons (Fsp3) is 0.542. The van der Waals surface area contributed by atoms with Crippen LogP contribution < -0.4 is 0 Å². The Hall–Kier alpha value is -1.87. The average molecular weight is 364 g/mol. The first-order chi connectivity index (χ1) is 13.1. The fourth-order valence-electron chi connectivity index (χ4n) is 6.74. The van der Waals surface area contributed by atoms with E-state index in [1.165, 1.54) is 23.1 Å². The van der Waals surface area contributed by atoms with Gasteiger partial charge in [-0.2, -0.15) is 0 Å². The van der Waals surface area contributed by atoms with E-state index in [1.807, 2.05) is 24.5 Å². The van der Waals surface area contributed by atoms with E-state index in [4.69, 9.17) is 0 Å². The van der Waals surface area contributed by atoms with E-state index in [2.05, 4.69) is 30.1 Å². The zero-order valence-corrected chi connectivity index (χ0v) is 16.0. The molecule has 5 rings (SSSR count). The minimum Gasteiger partial charge on any atom is -0.508 e. The summed E-state index contributed by atoms with van der Waals surface area (Å²) in [5.74, 6) is 2.60. The van der Waals surface area contributed by atoms with Crippen molar-refractivity contribution < 1.29 is 10.2 Å². The monoisotopic (exact) mass is 363 g/mol. The molecule has 1 heterocycles. The molecule has 2 aromatic rings. The van der Waals surface area contributed by atoms with Crippen molar-refractivity contribution in [3.8, 4) is 5.75 Å². The van der Waals surface area contributed by atoms with Crippen molar-refractivity contribution in [2.24, 2.45) is 23.2 Å². The Balaban J connectivity index is 1.42. The van der Waals surface area contributed by atoms with Gasteiger partial charge in [0.05, 0.1) is 6.10 Å². The molecule has 0 saturated heterocycles. The van der Waals surface area contributed by atoms with Gasteiger partial charge in [-0.15, -0.1) is 0 Å². The molecular formula is C24H29NO2. The molecule has 6 atom stereocenters. The molecule has 27 heavy (non-hydrogen) atoms. The second-order valence-corrected chi connectivity index (χ2v) is 9.34. The highest BCUT2D eigenvalue weighted by atomic mass is 16.3. The summed E-state index contributed by atoms with van der Waals surface area (Å²) in [5, 5.41) is 21.1. The normalized spacial score (nSPS) is 37.3. The van der Waals surface area contributed by atoms with Crippen molar-refractivity contribution in [1.29, 1.82) is 0 Å². The molecule has 142 valence electrons. The lowest BCUT2D eigenvalue weighted by Gasteiger charge is -2.50. The van der Waals surface area contributed by atoms with Gasteiger partial charge in [0.2, 0.25) is 0 Å². The van der Waals surface area contributed by atoms with Crippen LogP contribution in [0.4, 0.5) is 0 Å².